The molecule has 0 radical (unpaired) electrons. The highest BCUT2D eigenvalue weighted by molar-refractivity contribution is 5.71. The molecule has 0 aromatic rings. The van der Waals surface area contributed by atoms with Crippen molar-refractivity contribution in [3.8, 4) is 0 Å². The largest absolute Gasteiger partial charge is 0.444 e. The minimum Gasteiger partial charge on any atom is -0.444 e. The second kappa shape index (κ2) is 10.8. The van der Waals surface area contributed by atoms with Gasteiger partial charge in [-0.05, 0) is 41.5 Å². The average molecular weight is 327 g/mol. The Bertz CT molecular complexity index is 595. The van der Waals surface area contributed by atoms with Gasteiger partial charge in [0.2, 0.25) is 0 Å². The Kier molecular flexibility index (Phi) is 5.76. The summed E-state index contributed by atoms with van der Waals surface area (Å²) < 4.78 is 57.4. The van der Waals surface area contributed by atoms with Crippen LogP contribution < -0.4 is 10.6 Å². The maximum Gasteiger partial charge on any atom is 0.408 e. The summed E-state index contributed by atoms with van der Waals surface area (Å²) in [4.78, 5) is 32.4. The van der Waals surface area contributed by atoms with Gasteiger partial charge >= 0.3 is 12.2 Å². The summed E-state index contributed by atoms with van der Waals surface area (Å²) in [6.45, 7) is 0.753. The molecule has 0 unspecified atom stereocenters. The van der Waals surface area contributed by atoms with Gasteiger partial charge in [-0.2, -0.15) is 0 Å². The Morgan fingerprint density at radius 3 is 1.82 bits per heavy atom. The lowest BCUT2D eigenvalue weighted by Gasteiger charge is -2.19. The molecule has 0 rings (SSSR count). The van der Waals surface area contributed by atoms with Gasteiger partial charge in [-0.3, -0.25) is 0 Å². The maximum absolute atomic E-state index is 11.1. The van der Waals surface area contributed by atoms with Gasteiger partial charge in [0.15, 0.2) is 0 Å². The van der Waals surface area contributed by atoms with Crippen LogP contribution in [0.5, 0.6) is 0 Å². The molecule has 8 nitrogen and oxygen atoms in total. The molecule has 0 aliphatic heterocycles. The van der Waals surface area contributed by atoms with Crippen LogP contribution in [-0.2, 0) is 14.3 Å². The fraction of sp³-hybridized carbons (Fsp3) is 0.786. The second-order valence-corrected chi connectivity index (χ2v) is 5.72. The van der Waals surface area contributed by atoms with E-state index in [0.29, 0.717) is 0 Å². The van der Waals surface area contributed by atoms with Crippen LogP contribution in [0.1, 0.15) is 51.1 Å². The molecular weight excluding hydrogens is 292 g/mol. The van der Waals surface area contributed by atoms with Crippen molar-refractivity contribution in [1.82, 2.24) is 10.6 Å². The number of aliphatic hydroxyl groups is 1. The van der Waals surface area contributed by atoms with E-state index in [9.17, 15) is 14.4 Å². The zero-order chi connectivity index (χ0) is 24.1. The number of hydrogen-bond donors (Lipinski definition) is 3. The number of hydrogen-bond acceptors (Lipinski definition) is 6. The molecule has 2 amide bonds. The van der Waals surface area contributed by atoms with Crippen molar-refractivity contribution in [1.29, 1.82) is 0 Å². The number of alkyl carbamates (subject to hydrolysis) is 2. The third-order valence-corrected chi connectivity index (χ3v) is 1.23. The first-order valence-corrected chi connectivity index (χ1v) is 6.15. The van der Waals surface area contributed by atoms with E-state index < -0.39 is 49.2 Å². The van der Waals surface area contributed by atoms with Gasteiger partial charge < -0.3 is 30.0 Å². The smallest absolute Gasteiger partial charge is 0.408 e. The quantitative estimate of drug-likeness (QED) is 0.669. The molecule has 130 valence electrons. The average Bonchev–Trinajstić information content (AvgIpc) is 2.30. The van der Waals surface area contributed by atoms with Gasteiger partial charge in [0.05, 0.1) is 21.3 Å². The highest BCUT2D eigenvalue weighted by Crippen LogP contribution is 2.06. The maximum atomic E-state index is 11.1. The Morgan fingerprint density at radius 1 is 1.09 bits per heavy atom. The molecular formula is C14H28N2O6. The van der Waals surface area contributed by atoms with Crippen LogP contribution in [0.4, 0.5) is 9.59 Å². The number of amides is 2. The Hall–Kier alpha value is -1.83. The SMILES string of the molecule is [2H]C(=O)C([2H])([2H])NC(=O)OC(C)(C)C.[2H]C([2H])(O)C([2H])([2H])NC(=O)OC(C)(C)C. The predicted molar refractivity (Wildman–Crippen MR) is 81.6 cm³/mol. The van der Waals surface area contributed by atoms with Gasteiger partial charge in [-0.1, -0.05) is 0 Å². The van der Waals surface area contributed by atoms with E-state index in [2.05, 4.69) is 0 Å². The first-order valence-electron chi connectivity index (χ1n) is 9.65. The Morgan fingerprint density at radius 2 is 1.50 bits per heavy atom. The minimum absolute atomic E-state index is 0.773. The third-order valence-electron chi connectivity index (χ3n) is 1.23. The molecule has 3 N–H and O–H groups in total. The van der Waals surface area contributed by atoms with Crippen molar-refractivity contribution in [2.24, 2.45) is 0 Å². The van der Waals surface area contributed by atoms with Crippen LogP contribution in [0.3, 0.4) is 0 Å². The first-order chi connectivity index (χ1) is 12.4. The van der Waals surface area contributed by atoms with Crippen molar-refractivity contribution in [2.75, 3.05) is 19.6 Å². The fourth-order valence-electron chi connectivity index (χ4n) is 0.763. The number of ether oxygens (including phenoxy) is 2. The fourth-order valence-corrected chi connectivity index (χ4v) is 0.763. The van der Waals surface area contributed by atoms with Crippen LogP contribution in [0, 0.1) is 0 Å². The molecule has 0 aromatic heterocycles. The van der Waals surface area contributed by atoms with Crippen molar-refractivity contribution < 1.29 is 38.6 Å². The zero-order valence-corrected chi connectivity index (χ0v) is 13.5. The summed E-state index contributed by atoms with van der Waals surface area (Å²) in [7, 11) is 0. The molecule has 0 atom stereocenters. The van der Waals surface area contributed by atoms with Gasteiger partial charge in [-0.25, -0.2) is 9.59 Å². The summed E-state index contributed by atoms with van der Waals surface area (Å²) in [6.07, 6.45) is -3.73. The predicted octanol–water partition coefficient (Wildman–Crippen LogP) is 1.21. The number of carbonyl (C=O) groups excluding carboxylic acids is 3. The number of nitrogens with one attached hydrogen (secondary N) is 2. The molecule has 0 saturated heterocycles. The molecule has 0 heterocycles. The van der Waals surface area contributed by atoms with Gasteiger partial charge in [0.25, 0.3) is 0 Å². The summed E-state index contributed by atoms with van der Waals surface area (Å²) >= 11 is 0. The standard InChI is InChI=1S/C7H15NO3.C7H13NO3/c2*1-7(2,3)11-6(10)8-4-5-9/h9H,4-5H2,1-3H3,(H,8,10);5H,4H2,1-3H3,(H,8,10)/i4D2,5D2;4D2,5D. The van der Waals surface area contributed by atoms with E-state index in [1.165, 1.54) is 0 Å². The lowest BCUT2D eigenvalue weighted by atomic mass is 10.2. The van der Waals surface area contributed by atoms with Gasteiger partial charge in [0, 0.05) is 6.50 Å². The van der Waals surface area contributed by atoms with E-state index in [1.54, 1.807) is 52.2 Å². The molecule has 0 aromatic carbocycles. The van der Waals surface area contributed by atoms with Crippen LogP contribution in [-0.4, -0.2) is 54.3 Å². The first kappa shape index (κ1) is 11.7. The molecule has 0 fully saturated rings. The molecule has 8 heteroatoms. The number of carbonyl (C=O) groups is 3. The van der Waals surface area contributed by atoms with Crippen LogP contribution >= 0.6 is 0 Å². The van der Waals surface area contributed by atoms with Crippen molar-refractivity contribution >= 4 is 18.4 Å². The summed E-state index contributed by atoms with van der Waals surface area (Å²) in [5, 5.41) is 12.0. The molecule has 0 spiro atoms. The van der Waals surface area contributed by atoms with Crippen molar-refractivity contribution in [3.63, 3.8) is 0 Å². The molecule has 0 aliphatic carbocycles. The van der Waals surface area contributed by atoms with E-state index in [0.717, 1.165) is 0 Å². The Balaban J connectivity index is 0. The lowest BCUT2D eigenvalue weighted by molar-refractivity contribution is -0.107. The monoisotopic (exact) mass is 327 g/mol. The third kappa shape index (κ3) is 20.5. The highest BCUT2D eigenvalue weighted by atomic mass is 16.6. The molecule has 0 saturated carbocycles. The molecule has 0 bridgehead atoms. The minimum atomic E-state index is -3.18. The van der Waals surface area contributed by atoms with Crippen LogP contribution in [0.25, 0.3) is 0 Å². The molecule has 22 heavy (non-hydrogen) atoms. The van der Waals surface area contributed by atoms with E-state index in [-0.39, 0.29) is 0 Å². The zero-order valence-electron chi connectivity index (χ0n) is 20.5. The van der Waals surface area contributed by atoms with Crippen molar-refractivity contribution in [3.05, 3.63) is 0 Å². The normalized spacial score (nSPS) is 17.3. The summed E-state index contributed by atoms with van der Waals surface area (Å²) in [5.41, 5.74) is -1.59. The lowest BCUT2D eigenvalue weighted by Crippen LogP contribution is -2.33. The van der Waals surface area contributed by atoms with E-state index >= 15 is 0 Å². The van der Waals surface area contributed by atoms with Crippen LogP contribution in [0.15, 0.2) is 0 Å². The van der Waals surface area contributed by atoms with Gasteiger partial charge in [0.1, 0.15) is 18.8 Å². The van der Waals surface area contributed by atoms with E-state index in [1.807, 2.05) is 0 Å². The second-order valence-electron chi connectivity index (χ2n) is 5.72. The molecule has 0 aliphatic rings. The van der Waals surface area contributed by atoms with Crippen molar-refractivity contribution in [2.45, 2.75) is 52.7 Å². The summed E-state index contributed by atoms with van der Waals surface area (Å²) in [6, 6.07) is 0. The Labute approximate surface area is 141 Å². The van der Waals surface area contributed by atoms with E-state index in [4.69, 9.17) is 24.2 Å². The van der Waals surface area contributed by atoms with Crippen LogP contribution in [0.2, 0.25) is 0 Å². The number of rotatable bonds is 4. The highest BCUT2D eigenvalue weighted by Gasteiger charge is 2.15. The summed E-state index contributed by atoms with van der Waals surface area (Å²) in [5.74, 6) is 0. The van der Waals surface area contributed by atoms with Gasteiger partial charge in [-0.15, -0.1) is 0 Å². The topological polar surface area (TPSA) is 114 Å². The number of aldehydes is 1.